The molecule has 0 fully saturated rings. The minimum atomic E-state index is -2.02. The summed E-state index contributed by atoms with van der Waals surface area (Å²) in [7, 11) is 0. The molecule has 10 heteroatoms. The minimum Gasteiger partial charge on any atom is -0.872 e. The van der Waals surface area contributed by atoms with Gasteiger partial charge >= 0.3 is 0 Å². The van der Waals surface area contributed by atoms with Gasteiger partial charge < -0.3 is 15.3 Å². The maximum atomic E-state index is 12.5. The Morgan fingerprint density at radius 3 is 1.26 bits per heavy atom. The van der Waals surface area contributed by atoms with E-state index in [1.807, 2.05) is 19.9 Å². The molecule has 3 aromatic carbocycles. The van der Waals surface area contributed by atoms with Gasteiger partial charge in [0, 0.05) is 5.56 Å². The van der Waals surface area contributed by atoms with Crippen molar-refractivity contribution in [1.29, 1.82) is 0 Å². The minimum absolute atomic E-state index is 0.104. The molecule has 0 aliphatic rings. The van der Waals surface area contributed by atoms with Gasteiger partial charge in [-0.1, -0.05) is 29.3 Å². The Balaban J connectivity index is -0.000000442. The largest absolute Gasteiger partial charge is 0.872 e. The molecule has 0 saturated carbocycles. The van der Waals surface area contributed by atoms with Crippen LogP contribution in [-0.2, 0) is 0 Å². The van der Waals surface area contributed by atoms with E-state index in [4.69, 9.17) is 0 Å². The number of aryl methyl sites for hydroxylation is 3. The second-order valence-corrected chi connectivity index (χ2v) is 6.67. The van der Waals surface area contributed by atoms with Gasteiger partial charge in [0.15, 0.2) is 29.1 Å². The zero-order valence-corrected chi connectivity index (χ0v) is 22.3. The lowest BCUT2D eigenvalue weighted by atomic mass is 10.1. The van der Waals surface area contributed by atoms with Gasteiger partial charge in [-0.2, -0.15) is 0 Å². The summed E-state index contributed by atoms with van der Waals surface area (Å²) >= 11 is 0. The first-order valence-electron chi connectivity index (χ1n) is 10.9. The number of hydrogen-bond donors (Lipinski definition) is 0. The highest BCUT2D eigenvalue weighted by atomic mass is 19.2. The summed E-state index contributed by atoms with van der Waals surface area (Å²) in [4.78, 5) is 0. The van der Waals surface area contributed by atoms with E-state index in [1.54, 1.807) is 32.9 Å². The molecule has 0 aliphatic carbocycles. The van der Waals surface area contributed by atoms with Gasteiger partial charge in [-0.25, -0.2) is 30.7 Å². The van der Waals surface area contributed by atoms with Gasteiger partial charge in [0.25, 0.3) is 0 Å². The molecular formula is C28H31F7O3. The van der Waals surface area contributed by atoms with Crippen LogP contribution in [0.5, 0.6) is 17.2 Å². The number of hydrogen-bond acceptors (Lipinski definition) is 3. The van der Waals surface area contributed by atoms with Crippen molar-refractivity contribution in [3.05, 3.63) is 108 Å². The number of halogens is 7. The Bertz CT molecular complexity index is 953. The fourth-order valence-corrected chi connectivity index (χ4v) is 2.36. The van der Waals surface area contributed by atoms with Crippen LogP contribution in [0, 0.1) is 89.2 Å². The van der Waals surface area contributed by atoms with Crippen molar-refractivity contribution in [3.8, 4) is 17.2 Å². The van der Waals surface area contributed by atoms with E-state index in [9.17, 15) is 46.1 Å². The molecule has 0 aliphatic heterocycles. The summed E-state index contributed by atoms with van der Waals surface area (Å²) in [5.74, 6) is -14.6. The smallest absolute Gasteiger partial charge is 0.194 e. The molecule has 38 heavy (non-hydrogen) atoms. The molecule has 210 valence electrons. The molecule has 0 aromatic heterocycles. The number of benzene rings is 3. The topological polar surface area (TPSA) is 69.2 Å². The molecule has 0 spiro atoms. The maximum absolute atomic E-state index is 12.5. The van der Waals surface area contributed by atoms with Crippen LogP contribution in [0.15, 0.2) is 24.3 Å². The van der Waals surface area contributed by atoms with E-state index in [0.717, 1.165) is 18.1 Å². The third kappa shape index (κ3) is 11.5. The molecule has 3 nitrogen and oxygen atoms in total. The Kier molecular flexibility index (Phi) is 19.7. The predicted molar refractivity (Wildman–Crippen MR) is 129 cm³/mol. The first kappa shape index (κ1) is 38.7. The molecule has 0 N–H and O–H groups in total. The Morgan fingerprint density at radius 2 is 0.868 bits per heavy atom. The van der Waals surface area contributed by atoms with Gasteiger partial charge in [-0.15, -0.1) is 5.75 Å². The molecule has 0 heterocycles. The fourth-order valence-electron chi connectivity index (χ4n) is 2.36. The highest BCUT2D eigenvalue weighted by molar-refractivity contribution is 5.32. The molecule has 0 unspecified atom stereocenters. The van der Waals surface area contributed by atoms with Crippen LogP contribution in [-0.4, -0.2) is 0 Å². The maximum Gasteiger partial charge on any atom is 0.194 e. The summed E-state index contributed by atoms with van der Waals surface area (Å²) in [6, 6.07) is 5.90. The third-order valence-electron chi connectivity index (χ3n) is 3.94. The number of rotatable bonds is 0. The molecule has 0 radical (unpaired) electrons. The van der Waals surface area contributed by atoms with Gasteiger partial charge in [-0.05, 0) is 50.8 Å². The quantitative estimate of drug-likeness (QED) is 0.131. The molecule has 3 rings (SSSR count). The molecular weight excluding hydrogens is 517 g/mol. The van der Waals surface area contributed by atoms with Gasteiger partial charge in [0.1, 0.15) is 11.6 Å². The molecule has 3 aromatic rings. The first-order valence-corrected chi connectivity index (χ1v) is 10.9. The lowest BCUT2D eigenvalue weighted by molar-refractivity contribution is -0.277. The fraction of sp³-hybridized carbons (Fsp3) is 0.250. The van der Waals surface area contributed by atoms with Gasteiger partial charge in [0.2, 0.25) is 0 Å². The predicted octanol–water partition coefficient (Wildman–Crippen LogP) is 7.01. The van der Waals surface area contributed by atoms with E-state index in [0.29, 0.717) is 6.07 Å². The van der Waals surface area contributed by atoms with Gasteiger partial charge in [-0.3, -0.25) is 0 Å². The van der Waals surface area contributed by atoms with Crippen LogP contribution in [0.1, 0.15) is 43.0 Å². The SMILES string of the molecule is Cc1c(F)c([O-])c(F)c(F)c1F.Cc1cc(C)cc([O-])c1.Cc1cc(F)c(F)c([O-])c1F.[CH2+]C.[CH2+]C.[CH2+]C. The Hall–Kier alpha value is -3.82. The molecule has 0 saturated heterocycles. The van der Waals surface area contributed by atoms with E-state index >= 15 is 0 Å². The normalized spacial score (nSPS) is 8.89. The van der Waals surface area contributed by atoms with E-state index in [1.165, 1.54) is 6.92 Å². The van der Waals surface area contributed by atoms with Crippen LogP contribution < -0.4 is 15.3 Å². The molecule has 0 atom stereocenters. The summed E-state index contributed by atoms with van der Waals surface area (Å²) in [6.45, 7) is 20.9. The van der Waals surface area contributed by atoms with Crippen molar-refractivity contribution >= 4 is 0 Å². The highest BCUT2D eigenvalue weighted by Gasteiger charge is 2.17. The van der Waals surface area contributed by atoms with Crippen LogP contribution in [0.3, 0.4) is 0 Å². The molecule has 0 bridgehead atoms. The average molecular weight is 549 g/mol. The third-order valence-corrected chi connectivity index (χ3v) is 3.94. The van der Waals surface area contributed by atoms with Crippen molar-refractivity contribution in [2.24, 2.45) is 0 Å². The Morgan fingerprint density at radius 1 is 0.474 bits per heavy atom. The summed E-state index contributed by atoms with van der Waals surface area (Å²) < 4.78 is 86.5. The van der Waals surface area contributed by atoms with Crippen molar-refractivity contribution < 1.29 is 46.1 Å². The van der Waals surface area contributed by atoms with Crippen LogP contribution in [0.2, 0.25) is 0 Å². The van der Waals surface area contributed by atoms with Crippen molar-refractivity contribution in [2.75, 3.05) is 0 Å². The second kappa shape index (κ2) is 19.3. The highest BCUT2D eigenvalue weighted by Crippen LogP contribution is 2.26. The first-order chi connectivity index (χ1) is 17.7. The summed E-state index contributed by atoms with van der Waals surface area (Å²) in [5.41, 5.74) is 1.09. The van der Waals surface area contributed by atoms with E-state index < -0.39 is 57.8 Å². The van der Waals surface area contributed by atoms with Crippen LogP contribution in [0.4, 0.5) is 30.7 Å². The summed E-state index contributed by atoms with van der Waals surface area (Å²) in [5, 5.41) is 31.5. The van der Waals surface area contributed by atoms with Crippen molar-refractivity contribution in [1.82, 2.24) is 0 Å². The average Bonchev–Trinajstić information content (AvgIpc) is 2.91. The standard InChI is InChI=1S/C8H10O.C7H4F4O.C7H5F3O.3C2H5/c1-6-3-7(2)5-8(9)4-6;1-2-3(8)5(10)6(11)7(12)4(2)9;1-3-2-4(8)6(10)7(11)5(3)9;3*1-2/h3-5,9H,1-2H3;12H,1H3;2,11H,1H3;3*1H2,2H3/q;;;3*+1/p-3. The van der Waals surface area contributed by atoms with Gasteiger partial charge in [0.05, 0.1) is 41.5 Å². The lowest BCUT2D eigenvalue weighted by Gasteiger charge is -2.11. The monoisotopic (exact) mass is 548 g/mol. The lowest BCUT2D eigenvalue weighted by Crippen LogP contribution is -2.06. The van der Waals surface area contributed by atoms with Crippen LogP contribution >= 0.6 is 0 Å². The van der Waals surface area contributed by atoms with E-state index in [2.05, 4.69) is 20.8 Å². The zero-order valence-electron chi connectivity index (χ0n) is 22.3. The van der Waals surface area contributed by atoms with E-state index in [-0.39, 0.29) is 11.3 Å². The second-order valence-electron chi connectivity index (χ2n) is 6.67. The Labute approximate surface area is 220 Å². The molecule has 0 amide bonds. The summed E-state index contributed by atoms with van der Waals surface area (Å²) in [6.07, 6.45) is 0. The zero-order chi connectivity index (χ0) is 30.9. The van der Waals surface area contributed by atoms with Crippen molar-refractivity contribution in [2.45, 2.75) is 48.5 Å². The van der Waals surface area contributed by atoms with Crippen molar-refractivity contribution in [3.63, 3.8) is 0 Å². The van der Waals surface area contributed by atoms with Crippen LogP contribution in [0.25, 0.3) is 0 Å².